The fourth-order valence-electron chi connectivity index (χ4n) is 5.57. The Balaban J connectivity index is 1.34. The molecule has 0 saturated carbocycles. The smallest absolute Gasteiger partial charge is 0.145 e. The first-order chi connectivity index (χ1) is 18.4. The summed E-state index contributed by atoms with van der Waals surface area (Å²) < 4.78 is 10.5. The number of benzene rings is 5. The van der Waals surface area contributed by atoms with Gasteiger partial charge in [-0.1, -0.05) is 48.5 Å². The van der Waals surface area contributed by atoms with Gasteiger partial charge in [0, 0.05) is 27.7 Å². The highest BCUT2D eigenvalue weighted by atomic mass is 16.3. The first-order valence-corrected chi connectivity index (χ1v) is 12.4. The third kappa shape index (κ3) is 2.93. The van der Waals surface area contributed by atoms with Gasteiger partial charge in [0.05, 0.1) is 33.7 Å². The molecule has 37 heavy (non-hydrogen) atoms. The van der Waals surface area contributed by atoms with Crippen LogP contribution in [-0.4, -0.2) is 14.1 Å². The van der Waals surface area contributed by atoms with E-state index >= 15 is 0 Å². The highest BCUT2D eigenvalue weighted by Crippen LogP contribution is 2.37. The summed E-state index contributed by atoms with van der Waals surface area (Å²) in [5.41, 5.74) is 8.56. The topological polar surface area (TPSA) is 35.9 Å². The van der Waals surface area contributed by atoms with Crippen LogP contribution in [0.2, 0.25) is 0 Å². The molecular weight excluding hydrogens is 454 g/mol. The lowest BCUT2D eigenvalue weighted by atomic mass is 10.1. The van der Waals surface area contributed by atoms with Crippen LogP contribution in [-0.2, 0) is 0 Å². The summed E-state index contributed by atoms with van der Waals surface area (Å²) in [6.07, 6.45) is 1.77. The van der Waals surface area contributed by atoms with E-state index in [1.807, 2.05) is 18.2 Å². The lowest BCUT2D eigenvalue weighted by Crippen LogP contribution is -1.98. The van der Waals surface area contributed by atoms with Gasteiger partial charge >= 0.3 is 0 Å². The average molecular weight is 476 g/mol. The summed E-state index contributed by atoms with van der Waals surface area (Å²) in [6.45, 7) is 0. The first kappa shape index (κ1) is 20.1. The molecule has 0 radical (unpaired) electrons. The SMILES string of the molecule is c1ccc(-n2c(-c3ccc(-n4c5ccccc5c5c6occc6ccc54)cc3)nc3ccccc32)cc1. The molecule has 8 rings (SSSR count). The first-order valence-electron chi connectivity index (χ1n) is 12.4. The molecule has 0 saturated heterocycles. The number of aromatic nitrogens is 3. The van der Waals surface area contributed by atoms with E-state index in [2.05, 4.69) is 112 Å². The summed E-state index contributed by atoms with van der Waals surface area (Å²) in [5.74, 6) is 0.929. The number of furan rings is 1. The van der Waals surface area contributed by atoms with Crippen molar-refractivity contribution in [1.29, 1.82) is 0 Å². The third-order valence-corrected chi connectivity index (χ3v) is 7.21. The maximum absolute atomic E-state index is 5.93. The van der Waals surface area contributed by atoms with Crippen LogP contribution in [0.15, 0.2) is 132 Å². The molecule has 0 aliphatic carbocycles. The van der Waals surface area contributed by atoms with Crippen molar-refractivity contribution >= 4 is 43.8 Å². The Morgan fingerprint density at radius 2 is 1.27 bits per heavy atom. The third-order valence-electron chi connectivity index (χ3n) is 7.21. The molecule has 0 aliphatic heterocycles. The molecule has 174 valence electrons. The maximum Gasteiger partial charge on any atom is 0.145 e. The van der Waals surface area contributed by atoms with Crippen molar-refractivity contribution in [3.63, 3.8) is 0 Å². The van der Waals surface area contributed by atoms with Crippen molar-refractivity contribution in [2.75, 3.05) is 0 Å². The second kappa shape index (κ2) is 7.70. The van der Waals surface area contributed by atoms with Gasteiger partial charge in [-0.3, -0.25) is 4.57 Å². The van der Waals surface area contributed by atoms with E-state index in [4.69, 9.17) is 9.40 Å². The monoisotopic (exact) mass is 475 g/mol. The Bertz CT molecular complexity index is 2080. The molecule has 0 N–H and O–H groups in total. The average Bonchev–Trinajstić information content (AvgIpc) is 3.67. The van der Waals surface area contributed by atoms with Gasteiger partial charge in [0.1, 0.15) is 11.4 Å². The summed E-state index contributed by atoms with van der Waals surface area (Å²) in [6, 6.07) is 42.3. The molecule has 0 bridgehead atoms. The van der Waals surface area contributed by atoms with Crippen molar-refractivity contribution in [3.05, 3.63) is 128 Å². The van der Waals surface area contributed by atoms with Crippen LogP contribution in [0, 0.1) is 0 Å². The lowest BCUT2D eigenvalue weighted by molar-refractivity contribution is 0.619. The normalized spacial score (nSPS) is 11.8. The molecule has 0 aliphatic rings. The van der Waals surface area contributed by atoms with Crippen LogP contribution in [0.1, 0.15) is 0 Å². The van der Waals surface area contributed by atoms with Crippen LogP contribution >= 0.6 is 0 Å². The zero-order valence-corrected chi connectivity index (χ0v) is 19.9. The van der Waals surface area contributed by atoms with Crippen molar-refractivity contribution in [2.24, 2.45) is 0 Å². The quantitative estimate of drug-likeness (QED) is 0.257. The Hall–Kier alpha value is -5.09. The van der Waals surface area contributed by atoms with Gasteiger partial charge in [-0.15, -0.1) is 0 Å². The van der Waals surface area contributed by atoms with E-state index in [1.54, 1.807) is 6.26 Å². The van der Waals surface area contributed by atoms with Crippen LogP contribution in [0.5, 0.6) is 0 Å². The van der Waals surface area contributed by atoms with Crippen LogP contribution in [0.4, 0.5) is 0 Å². The molecule has 0 unspecified atom stereocenters. The zero-order valence-electron chi connectivity index (χ0n) is 19.9. The largest absolute Gasteiger partial charge is 0.464 e. The van der Waals surface area contributed by atoms with Gasteiger partial charge in [0.2, 0.25) is 0 Å². The molecule has 0 spiro atoms. The van der Waals surface area contributed by atoms with E-state index in [-0.39, 0.29) is 0 Å². The van der Waals surface area contributed by atoms with Crippen molar-refractivity contribution in [2.45, 2.75) is 0 Å². The van der Waals surface area contributed by atoms with Crippen molar-refractivity contribution in [3.8, 4) is 22.8 Å². The molecule has 3 aromatic heterocycles. The fourth-order valence-corrected chi connectivity index (χ4v) is 5.57. The van der Waals surface area contributed by atoms with E-state index in [1.165, 1.54) is 5.39 Å². The van der Waals surface area contributed by atoms with E-state index < -0.39 is 0 Å². The summed E-state index contributed by atoms with van der Waals surface area (Å²) in [4.78, 5) is 5.02. The van der Waals surface area contributed by atoms with Crippen molar-refractivity contribution in [1.82, 2.24) is 14.1 Å². The van der Waals surface area contributed by atoms with Gasteiger partial charge in [-0.2, -0.15) is 0 Å². The van der Waals surface area contributed by atoms with E-state index in [9.17, 15) is 0 Å². The number of para-hydroxylation sites is 4. The second-order valence-electron chi connectivity index (χ2n) is 9.29. The Morgan fingerprint density at radius 3 is 2.14 bits per heavy atom. The summed E-state index contributed by atoms with van der Waals surface area (Å²) in [5, 5.41) is 3.45. The molecule has 0 atom stereocenters. The molecule has 5 aromatic carbocycles. The number of fused-ring (bicyclic) bond motifs is 6. The number of imidazole rings is 1. The highest BCUT2D eigenvalue weighted by Gasteiger charge is 2.17. The Kier molecular flexibility index (Phi) is 4.19. The zero-order chi connectivity index (χ0) is 24.3. The standard InChI is InChI=1S/C33H21N3O/c1-2-8-24(9-3-1)36-29-13-7-5-11-27(29)34-33(36)23-14-17-25(18-15-23)35-28-12-6-4-10-26(28)31-30(35)19-16-22-20-21-37-32(22)31/h1-21H. The lowest BCUT2D eigenvalue weighted by Gasteiger charge is -2.11. The predicted octanol–water partition coefficient (Wildman–Crippen LogP) is 8.54. The van der Waals surface area contributed by atoms with Crippen molar-refractivity contribution < 1.29 is 4.42 Å². The van der Waals surface area contributed by atoms with Gasteiger partial charge in [-0.05, 0) is 72.8 Å². The van der Waals surface area contributed by atoms with Gasteiger partial charge < -0.3 is 8.98 Å². The van der Waals surface area contributed by atoms with Crippen LogP contribution in [0.3, 0.4) is 0 Å². The van der Waals surface area contributed by atoms with Crippen LogP contribution in [0.25, 0.3) is 66.6 Å². The number of rotatable bonds is 3. The Morgan fingerprint density at radius 1 is 0.541 bits per heavy atom. The Labute approximate surface area is 212 Å². The number of nitrogens with zero attached hydrogens (tertiary/aromatic N) is 3. The number of hydrogen-bond acceptors (Lipinski definition) is 2. The van der Waals surface area contributed by atoms with Crippen LogP contribution < -0.4 is 0 Å². The van der Waals surface area contributed by atoms with Gasteiger partial charge in [0.25, 0.3) is 0 Å². The molecular formula is C33H21N3O. The summed E-state index contributed by atoms with van der Waals surface area (Å²) in [7, 11) is 0. The van der Waals surface area contributed by atoms with Gasteiger partial charge in [-0.25, -0.2) is 4.98 Å². The van der Waals surface area contributed by atoms with E-state index in [0.29, 0.717) is 0 Å². The number of hydrogen-bond donors (Lipinski definition) is 0. The molecule has 3 heterocycles. The van der Waals surface area contributed by atoms with Gasteiger partial charge in [0.15, 0.2) is 0 Å². The molecule has 0 amide bonds. The molecule has 4 nitrogen and oxygen atoms in total. The fraction of sp³-hybridized carbons (Fsp3) is 0. The maximum atomic E-state index is 5.93. The molecule has 8 aromatic rings. The second-order valence-corrected chi connectivity index (χ2v) is 9.29. The minimum Gasteiger partial charge on any atom is -0.464 e. The molecule has 4 heteroatoms. The summed E-state index contributed by atoms with van der Waals surface area (Å²) >= 11 is 0. The minimum atomic E-state index is 0.929. The van der Waals surface area contributed by atoms with E-state index in [0.717, 1.165) is 61.2 Å². The minimum absolute atomic E-state index is 0.929. The highest BCUT2D eigenvalue weighted by molar-refractivity contribution is 6.19. The molecule has 0 fully saturated rings. The predicted molar refractivity (Wildman–Crippen MR) is 151 cm³/mol.